The Morgan fingerprint density at radius 3 is 2.39 bits per heavy atom. The van der Waals surface area contributed by atoms with Crippen molar-refractivity contribution in [1.29, 1.82) is 0 Å². The van der Waals surface area contributed by atoms with Crippen molar-refractivity contribution in [2.45, 2.75) is 52.3 Å². The predicted octanol–water partition coefficient (Wildman–Crippen LogP) is 5.56. The molecule has 1 aliphatic carbocycles. The molecule has 0 spiro atoms. The zero-order valence-electron chi connectivity index (χ0n) is 16.7. The molecule has 0 bridgehead atoms. The molecular formula is C21H28F3NO3. The Bertz CT molecular complexity index is 683. The number of carbonyl (C=O) groups is 1. The van der Waals surface area contributed by atoms with Gasteiger partial charge in [0.2, 0.25) is 0 Å². The van der Waals surface area contributed by atoms with Gasteiger partial charge in [0.05, 0.1) is 13.2 Å². The van der Waals surface area contributed by atoms with Crippen molar-refractivity contribution in [1.82, 2.24) is 0 Å². The van der Waals surface area contributed by atoms with Crippen LogP contribution in [0.2, 0.25) is 0 Å². The van der Waals surface area contributed by atoms with E-state index < -0.39 is 17.8 Å². The maximum absolute atomic E-state index is 13.4. The Hall–Kier alpha value is -2.18. The highest BCUT2D eigenvalue weighted by Crippen LogP contribution is 2.36. The van der Waals surface area contributed by atoms with Gasteiger partial charge in [-0.2, -0.15) is 13.2 Å². The second-order valence-corrected chi connectivity index (χ2v) is 7.71. The van der Waals surface area contributed by atoms with Crippen LogP contribution in [-0.4, -0.2) is 25.4 Å². The fourth-order valence-electron chi connectivity index (χ4n) is 3.57. The van der Waals surface area contributed by atoms with Gasteiger partial charge in [-0.05, 0) is 54.9 Å². The van der Waals surface area contributed by atoms with Crippen molar-refractivity contribution in [3.63, 3.8) is 0 Å². The quantitative estimate of drug-likeness (QED) is 0.503. The van der Waals surface area contributed by atoms with Crippen LogP contribution in [0.25, 0.3) is 0 Å². The third kappa shape index (κ3) is 6.17. The number of nitrogens with one attached hydrogen (secondary N) is 1. The predicted molar refractivity (Wildman–Crippen MR) is 102 cm³/mol. The molecule has 1 aromatic carbocycles. The number of methoxy groups -OCH3 is 1. The molecule has 0 aromatic heterocycles. The molecule has 156 valence electrons. The summed E-state index contributed by atoms with van der Waals surface area (Å²) in [4.78, 5) is 12.3. The number of rotatable bonds is 6. The molecule has 1 aromatic rings. The molecule has 7 heteroatoms. The van der Waals surface area contributed by atoms with Crippen molar-refractivity contribution < 1.29 is 27.4 Å². The van der Waals surface area contributed by atoms with Gasteiger partial charge in [-0.3, -0.25) is 0 Å². The number of alkyl halides is 3. The topological polar surface area (TPSA) is 47.6 Å². The van der Waals surface area contributed by atoms with Crippen molar-refractivity contribution in [3.8, 4) is 5.75 Å². The van der Waals surface area contributed by atoms with Gasteiger partial charge in [-0.25, -0.2) is 4.79 Å². The van der Waals surface area contributed by atoms with Gasteiger partial charge in [0, 0.05) is 5.69 Å². The summed E-state index contributed by atoms with van der Waals surface area (Å²) in [5.74, 6) is 0.397. The van der Waals surface area contributed by atoms with Crippen LogP contribution in [0.1, 0.15) is 40.0 Å². The second kappa shape index (κ2) is 9.34. The molecule has 0 heterocycles. The van der Waals surface area contributed by atoms with Crippen LogP contribution in [0.5, 0.6) is 5.75 Å². The number of hydrogen-bond acceptors (Lipinski definition) is 4. The summed E-state index contributed by atoms with van der Waals surface area (Å²) in [6, 6.07) is 5.96. The van der Waals surface area contributed by atoms with Gasteiger partial charge in [-0.1, -0.05) is 27.2 Å². The number of carbonyl (C=O) groups excluding carboxylic acids is 1. The van der Waals surface area contributed by atoms with Crippen molar-refractivity contribution >= 4 is 11.7 Å². The lowest BCUT2D eigenvalue weighted by molar-refractivity contribution is -0.150. The van der Waals surface area contributed by atoms with Gasteiger partial charge in [-0.15, -0.1) is 0 Å². The van der Waals surface area contributed by atoms with Gasteiger partial charge >= 0.3 is 12.1 Å². The van der Waals surface area contributed by atoms with Gasteiger partial charge < -0.3 is 14.8 Å². The van der Waals surface area contributed by atoms with Crippen LogP contribution in [0.15, 0.2) is 36.0 Å². The fourth-order valence-corrected chi connectivity index (χ4v) is 3.57. The van der Waals surface area contributed by atoms with E-state index in [2.05, 4.69) is 12.2 Å². The maximum atomic E-state index is 13.4. The number of halogens is 3. The van der Waals surface area contributed by atoms with Gasteiger partial charge in [0.15, 0.2) is 0 Å². The average molecular weight is 399 g/mol. The van der Waals surface area contributed by atoms with E-state index in [1.54, 1.807) is 0 Å². The summed E-state index contributed by atoms with van der Waals surface area (Å²) < 4.78 is 50.6. The summed E-state index contributed by atoms with van der Waals surface area (Å²) >= 11 is 0. The number of hydrogen-bond donors (Lipinski definition) is 1. The minimum absolute atomic E-state index is 0.164. The zero-order valence-corrected chi connectivity index (χ0v) is 16.7. The molecule has 0 amide bonds. The number of ether oxygens (including phenoxy) is 2. The molecule has 3 atom stereocenters. The Morgan fingerprint density at radius 2 is 1.86 bits per heavy atom. The summed E-state index contributed by atoms with van der Waals surface area (Å²) in [7, 11) is 1.47. The highest BCUT2D eigenvalue weighted by Gasteiger charge is 2.37. The third-order valence-electron chi connectivity index (χ3n) is 5.17. The van der Waals surface area contributed by atoms with Crippen LogP contribution < -0.4 is 10.1 Å². The minimum atomic E-state index is -4.71. The largest absolute Gasteiger partial charge is 0.497 e. The summed E-state index contributed by atoms with van der Waals surface area (Å²) in [5.41, 5.74) is -0.962. The highest BCUT2D eigenvalue weighted by atomic mass is 19.4. The van der Waals surface area contributed by atoms with Crippen LogP contribution in [0.4, 0.5) is 18.9 Å². The first kappa shape index (κ1) is 22.1. The number of allylic oxidation sites excluding steroid dienone is 1. The lowest BCUT2D eigenvalue weighted by Crippen LogP contribution is -2.35. The number of esters is 1. The number of anilines is 1. The molecule has 1 saturated carbocycles. The first-order valence-electron chi connectivity index (χ1n) is 9.50. The molecule has 0 saturated heterocycles. The molecule has 1 fully saturated rings. The van der Waals surface area contributed by atoms with E-state index in [0.717, 1.165) is 12.8 Å². The van der Waals surface area contributed by atoms with Gasteiger partial charge in [0.25, 0.3) is 0 Å². The van der Waals surface area contributed by atoms with E-state index in [4.69, 9.17) is 9.47 Å². The zero-order chi connectivity index (χ0) is 20.9. The van der Waals surface area contributed by atoms with Crippen LogP contribution in [0.3, 0.4) is 0 Å². The monoisotopic (exact) mass is 399 g/mol. The van der Waals surface area contributed by atoms with E-state index in [-0.39, 0.29) is 17.7 Å². The molecule has 28 heavy (non-hydrogen) atoms. The standard InChI is InChI=1S/C21H28F3NO3/c1-13(2)17-10-5-14(3)11-18(17)28-20(26)12-19(21(22,23)24)25-15-6-8-16(27-4)9-7-15/h6-9,12-14,17-18,25H,5,10-11H2,1-4H3/b19-12+/t14-,17+,18-/m1/s1. The molecule has 0 unspecified atom stereocenters. The van der Waals surface area contributed by atoms with Crippen molar-refractivity contribution in [3.05, 3.63) is 36.0 Å². The Balaban J connectivity index is 2.14. The molecule has 1 aliphatic rings. The van der Waals surface area contributed by atoms with E-state index >= 15 is 0 Å². The smallest absolute Gasteiger partial charge is 0.431 e. The first-order valence-corrected chi connectivity index (χ1v) is 9.50. The van der Waals surface area contributed by atoms with Crippen LogP contribution in [0, 0.1) is 17.8 Å². The lowest BCUT2D eigenvalue weighted by atomic mass is 9.75. The molecule has 4 nitrogen and oxygen atoms in total. The Kier molecular flexibility index (Phi) is 7.38. The van der Waals surface area contributed by atoms with Crippen molar-refractivity contribution in [2.24, 2.45) is 17.8 Å². The van der Waals surface area contributed by atoms with E-state index in [0.29, 0.717) is 30.1 Å². The van der Waals surface area contributed by atoms with Crippen LogP contribution >= 0.6 is 0 Å². The third-order valence-corrected chi connectivity index (χ3v) is 5.17. The first-order chi connectivity index (χ1) is 13.1. The molecule has 2 rings (SSSR count). The average Bonchev–Trinajstić information content (AvgIpc) is 2.60. The van der Waals surface area contributed by atoms with Crippen LogP contribution in [-0.2, 0) is 9.53 Å². The van der Waals surface area contributed by atoms with E-state index in [1.165, 1.54) is 31.4 Å². The molecule has 0 radical (unpaired) electrons. The lowest BCUT2D eigenvalue weighted by Gasteiger charge is -2.36. The summed E-state index contributed by atoms with van der Waals surface area (Å²) in [6.45, 7) is 6.16. The van der Waals surface area contributed by atoms with E-state index in [9.17, 15) is 18.0 Å². The normalized spacial score (nSPS) is 23.4. The van der Waals surface area contributed by atoms with E-state index in [1.807, 2.05) is 13.8 Å². The number of benzene rings is 1. The summed E-state index contributed by atoms with van der Waals surface area (Å²) in [6.07, 6.45) is -1.94. The maximum Gasteiger partial charge on any atom is 0.431 e. The van der Waals surface area contributed by atoms with Crippen molar-refractivity contribution in [2.75, 3.05) is 12.4 Å². The van der Waals surface area contributed by atoms with Gasteiger partial charge in [0.1, 0.15) is 17.6 Å². The fraction of sp³-hybridized carbons (Fsp3) is 0.571. The summed E-state index contributed by atoms with van der Waals surface area (Å²) in [5, 5.41) is 2.26. The molecule has 0 aliphatic heterocycles. The minimum Gasteiger partial charge on any atom is -0.497 e. The Labute approximate surface area is 164 Å². The SMILES string of the molecule is COc1ccc(N/C(=C/C(=O)O[C@@H]2C[C@H](C)CC[C@H]2C(C)C)C(F)(F)F)cc1. The highest BCUT2D eigenvalue weighted by molar-refractivity contribution is 5.84. The Morgan fingerprint density at radius 1 is 1.21 bits per heavy atom. The molecule has 1 N–H and O–H groups in total. The second-order valence-electron chi connectivity index (χ2n) is 7.71. The molecular weight excluding hydrogens is 371 g/mol.